The number of fused-ring (bicyclic) bond motifs is 1. The second-order valence-corrected chi connectivity index (χ2v) is 8.21. The van der Waals surface area contributed by atoms with E-state index >= 15 is 0 Å². The summed E-state index contributed by atoms with van der Waals surface area (Å²) in [4.78, 5) is 28.1. The molecule has 0 spiro atoms. The van der Waals surface area contributed by atoms with Gasteiger partial charge in [-0.15, -0.1) is 0 Å². The number of amides is 1. The van der Waals surface area contributed by atoms with Gasteiger partial charge in [-0.25, -0.2) is 0 Å². The maximum atomic E-state index is 13.5. The Morgan fingerprint density at radius 2 is 1.70 bits per heavy atom. The molecule has 2 atom stereocenters. The van der Waals surface area contributed by atoms with Crippen LogP contribution in [0, 0.1) is 5.92 Å². The number of carbonyl (C=O) groups is 2. The van der Waals surface area contributed by atoms with Crippen LogP contribution in [-0.4, -0.2) is 16.8 Å². The van der Waals surface area contributed by atoms with Gasteiger partial charge in [0.25, 0.3) is 5.91 Å². The Morgan fingerprint density at radius 1 is 1.03 bits per heavy atom. The Kier molecular flexibility index (Phi) is 5.41. The number of benzene rings is 3. The average Bonchev–Trinajstić information content (AvgIpc) is 2.97. The molecule has 6 heteroatoms. The summed E-state index contributed by atoms with van der Waals surface area (Å²) in [6.07, 6.45) is 0. The van der Waals surface area contributed by atoms with Crippen molar-refractivity contribution in [3.8, 4) is 0 Å². The van der Waals surface area contributed by atoms with E-state index in [4.69, 9.17) is 23.2 Å². The van der Waals surface area contributed by atoms with Crippen molar-refractivity contribution in [2.24, 2.45) is 5.92 Å². The Labute approximate surface area is 184 Å². The van der Waals surface area contributed by atoms with Gasteiger partial charge in [0.2, 0.25) is 0 Å². The third kappa shape index (κ3) is 3.31. The molecular weight excluding hydrogens is 421 g/mol. The molecule has 1 heterocycles. The van der Waals surface area contributed by atoms with E-state index in [-0.39, 0.29) is 12.3 Å². The van der Waals surface area contributed by atoms with Crippen LogP contribution >= 0.6 is 23.2 Å². The van der Waals surface area contributed by atoms with Gasteiger partial charge < -0.3 is 10.0 Å². The summed E-state index contributed by atoms with van der Waals surface area (Å²) in [5.74, 6) is -1.91. The predicted octanol–water partition coefficient (Wildman–Crippen LogP) is 5.25. The number of hydrogen-bond donors (Lipinski definition) is 1. The van der Waals surface area contributed by atoms with Gasteiger partial charge in [0, 0.05) is 21.2 Å². The van der Waals surface area contributed by atoms with Crippen LogP contribution in [0.15, 0.2) is 72.8 Å². The molecule has 0 saturated heterocycles. The molecule has 0 unspecified atom stereocenters. The molecule has 1 amide bonds. The SMILES string of the molecule is C[C@H](C(=O)c1ccccc1)[C@@]1(O)C(=O)N(Cc2ccccc2Cl)c2ccc(Cl)cc21. The molecule has 0 bridgehead atoms. The van der Waals surface area contributed by atoms with E-state index in [0.29, 0.717) is 26.9 Å². The Balaban J connectivity index is 1.79. The summed E-state index contributed by atoms with van der Waals surface area (Å²) in [7, 11) is 0. The van der Waals surface area contributed by atoms with Gasteiger partial charge in [0.15, 0.2) is 11.4 Å². The first-order chi connectivity index (χ1) is 14.3. The number of rotatable bonds is 5. The van der Waals surface area contributed by atoms with Crippen molar-refractivity contribution < 1.29 is 14.7 Å². The van der Waals surface area contributed by atoms with Crippen LogP contribution in [0.5, 0.6) is 0 Å². The molecule has 0 saturated carbocycles. The number of anilines is 1. The topological polar surface area (TPSA) is 57.6 Å². The normalized spacial score (nSPS) is 18.9. The van der Waals surface area contributed by atoms with E-state index < -0.39 is 17.4 Å². The summed E-state index contributed by atoms with van der Waals surface area (Å²) in [5.41, 5.74) is -0.0311. The molecule has 0 radical (unpaired) electrons. The molecule has 3 aromatic rings. The first-order valence-corrected chi connectivity index (χ1v) is 10.3. The van der Waals surface area contributed by atoms with Crippen LogP contribution in [0.2, 0.25) is 10.0 Å². The lowest BCUT2D eigenvalue weighted by molar-refractivity contribution is -0.139. The minimum Gasteiger partial charge on any atom is -0.375 e. The summed E-state index contributed by atoms with van der Waals surface area (Å²) in [6, 6.07) is 20.7. The Bertz CT molecular complexity index is 1130. The van der Waals surface area contributed by atoms with Crippen molar-refractivity contribution in [1.82, 2.24) is 0 Å². The van der Waals surface area contributed by atoms with Gasteiger partial charge in [-0.2, -0.15) is 0 Å². The second-order valence-electron chi connectivity index (χ2n) is 7.36. The molecule has 0 fully saturated rings. The minimum atomic E-state index is -2.03. The summed E-state index contributed by atoms with van der Waals surface area (Å²) >= 11 is 12.5. The fourth-order valence-electron chi connectivity index (χ4n) is 3.89. The van der Waals surface area contributed by atoms with Crippen molar-refractivity contribution in [2.75, 3.05) is 4.90 Å². The van der Waals surface area contributed by atoms with Crippen molar-refractivity contribution in [1.29, 1.82) is 0 Å². The van der Waals surface area contributed by atoms with E-state index in [1.807, 2.05) is 18.2 Å². The maximum Gasteiger partial charge on any atom is 0.264 e. The molecule has 1 aliphatic rings. The molecule has 152 valence electrons. The van der Waals surface area contributed by atoms with Gasteiger partial charge in [-0.3, -0.25) is 9.59 Å². The number of carbonyl (C=O) groups excluding carboxylic acids is 2. The Morgan fingerprint density at radius 3 is 2.40 bits per heavy atom. The van der Waals surface area contributed by atoms with E-state index in [1.165, 1.54) is 4.90 Å². The number of Topliss-reactive ketones (excluding diaryl/α,β-unsaturated/α-hetero) is 1. The molecule has 1 N–H and O–H groups in total. The highest BCUT2D eigenvalue weighted by atomic mass is 35.5. The van der Waals surface area contributed by atoms with Crippen molar-refractivity contribution in [3.63, 3.8) is 0 Å². The maximum absolute atomic E-state index is 13.5. The van der Waals surface area contributed by atoms with Crippen molar-refractivity contribution >= 4 is 40.6 Å². The van der Waals surface area contributed by atoms with Gasteiger partial charge >= 0.3 is 0 Å². The lowest BCUT2D eigenvalue weighted by atomic mass is 9.79. The van der Waals surface area contributed by atoms with Crippen LogP contribution in [0.4, 0.5) is 5.69 Å². The highest BCUT2D eigenvalue weighted by molar-refractivity contribution is 6.31. The average molecular weight is 440 g/mol. The monoisotopic (exact) mass is 439 g/mol. The lowest BCUT2D eigenvalue weighted by Crippen LogP contribution is -2.47. The molecule has 0 aromatic heterocycles. The van der Waals surface area contributed by atoms with Crippen LogP contribution < -0.4 is 4.90 Å². The summed E-state index contributed by atoms with van der Waals surface area (Å²) in [6.45, 7) is 1.73. The van der Waals surface area contributed by atoms with E-state index in [0.717, 1.165) is 5.56 Å². The largest absolute Gasteiger partial charge is 0.375 e. The smallest absolute Gasteiger partial charge is 0.264 e. The summed E-state index contributed by atoms with van der Waals surface area (Å²) in [5, 5.41) is 12.5. The van der Waals surface area contributed by atoms with Gasteiger partial charge in [-0.05, 0) is 29.8 Å². The van der Waals surface area contributed by atoms with Crippen LogP contribution in [0.1, 0.15) is 28.4 Å². The zero-order chi connectivity index (χ0) is 21.5. The first kappa shape index (κ1) is 20.6. The quantitative estimate of drug-likeness (QED) is 0.552. The molecule has 30 heavy (non-hydrogen) atoms. The van der Waals surface area contributed by atoms with Crippen molar-refractivity contribution in [3.05, 3.63) is 99.5 Å². The van der Waals surface area contributed by atoms with E-state index in [9.17, 15) is 14.7 Å². The van der Waals surface area contributed by atoms with Gasteiger partial charge in [0.05, 0.1) is 18.2 Å². The van der Waals surface area contributed by atoms with Gasteiger partial charge in [0.1, 0.15) is 0 Å². The van der Waals surface area contributed by atoms with Crippen molar-refractivity contribution in [2.45, 2.75) is 19.1 Å². The van der Waals surface area contributed by atoms with Crippen LogP contribution in [0.25, 0.3) is 0 Å². The molecule has 4 nitrogen and oxygen atoms in total. The summed E-state index contributed by atoms with van der Waals surface area (Å²) < 4.78 is 0. The zero-order valence-corrected chi connectivity index (χ0v) is 17.7. The number of hydrogen-bond acceptors (Lipinski definition) is 3. The number of nitrogens with zero attached hydrogens (tertiary/aromatic N) is 1. The van der Waals surface area contributed by atoms with E-state index in [1.54, 1.807) is 61.5 Å². The highest BCUT2D eigenvalue weighted by Gasteiger charge is 2.55. The third-order valence-corrected chi connectivity index (χ3v) is 6.20. The molecule has 0 aliphatic carbocycles. The Hall–Kier alpha value is -2.66. The molecular formula is C24H19Cl2NO3. The third-order valence-electron chi connectivity index (χ3n) is 5.60. The van der Waals surface area contributed by atoms with Crippen LogP contribution in [-0.2, 0) is 16.9 Å². The minimum absolute atomic E-state index is 0.168. The number of ketones is 1. The van der Waals surface area contributed by atoms with E-state index in [2.05, 4.69) is 0 Å². The fourth-order valence-corrected chi connectivity index (χ4v) is 4.26. The zero-order valence-electron chi connectivity index (χ0n) is 16.2. The number of aliphatic hydroxyl groups is 1. The second kappa shape index (κ2) is 7.88. The molecule has 3 aromatic carbocycles. The predicted molar refractivity (Wildman–Crippen MR) is 118 cm³/mol. The standard InChI is InChI=1S/C24H19Cl2NO3/c1-15(22(28)16-7-3-2-4-8-16)24(30)19-13-18(25)11-12-21(19)27(23(24)29)14-17-9-5-6-10-20(17)26/h2-13,15,30H,14H2,1H3/t15-,24+/m1/s1. The molecule has 4 rings (SSSR count). The van der Waals surface area contributed by atoms with Crippen LogP contribution in [0.3, 0.4) is 0 Å². The van der Waals surface area contributed by atoms with Gasteiger partial charge in [-0.1, -0.05) is 78.7 Å². The molecule has 1 aliphatic heterocycles. The fraction of sp³-hybridized carbons (Fsp3) is 0.167. The highest BCUT2D eigenvalue weighted by Crippen LogP contribution is 2.47. The number of halogens is 2. The lowest BCUT2D eigenvalue weighted by Gasteiger charge is -2.28. The first-order valence-electron chi connectivity index (χ1n) is 9.51.